The number of halogens is 2. The summed E-state index contributed by atoms with van der Waals surface area (Å²) in [5.74, 6) is 0.133. The monoisotopic (exact) mass is 446 g/mol. The molecule has 0 radical (unpaired) electrons. The molecule has 0 spiro atoms. The number of carbonyl (C=O) groups is 1. The van der Waals surface area contributed by atoms with Crippen LogP contribution in [0, 0.1) is 17.4 Å². The molecule has 0 bridgehead atoms. The standard InChI is InChI=1S/C15H16BrIN2O/c1-4-19-12(14(16)10(3)18-19)8-13(20)11-7-5-6-9(2)15(11)17/h5-7H,4,8H2,1-3H3. The summed E-state index contributed by atoms with van der Waals surface area (Å²) in [6.07, 6.45) is 0.370. The lowest BCUT2D eigenvalue weighted by atomic mass is 10.0. The van der Waals surface area contributed by atoms with Crippen molar-refractivity contribution >= 4 is 44.3 Å². The van der Waals surface area contributed by atoms with Crippen molar-refractivity contribution in [2.24, 2.45) is 0 Å². The first-order valence-corrected chi connectivity index (χ1v) is 8.33. The molecule has 0 saturated carbocycles. The number of nitrogens with zero attached hydrogens (tertiary/aromatic N) is 2. The predicted octanol–water partition coefficient (Wildman–Crippen LogP) is 4.31. The Morgan fingerprint density at radius 2 is 2.10 bits per heavy atom. The van der Waals surface area contributed by atoms with E-state index in [2.05, 4.69) is 43.6 Å². The maximum atomic E-state index is 12.6. The minimum absolute atomic E-state index is 0.133. The number of aryl methyl sites for hydroxylation is 3. The van der Waals surface area contributed by atoms with E-state index >= 15 is 0 Å². The van der Waals surface area contributed by atoms with Gasteiger partial charge < -0.3 is 0 Å². The summed E-state index contributed by atoms with van der Waals surface area (Å²) in [6, 6.07) is 5.85. The molecule has 0 fully saturated rings. The average molecular weight is 447 g/mol. The number of benzene rings is 1. The van der Waals surface area contributed by atoms with Crippen LogP contribution in [0.25, 0.3) is 0 Å². The van der Waals surface area contributed by atoms with E-state index in [9.17, 15) is 4.79 Å². The van der Waals surface area contributed by atoms with Crippen LogP contribution in [0.1, 0.15) is 34.2 Å². The Kier molecular flexibility index (Phi) is 5.01. The van der Waals surface area contributed by atoms with Crippen molar-refractivity contribution in [2.45, 2.75) is 33.7 Å². The van der Waals surface area contributed by atoms with Crippen LogP contribution in [0.15, 0.2) is 22.7 Å². The lowest BCUT2D eigenvalue weighted by Crippen LogP contribution is -2.11. The van der Waals surface area contributed by atoms with Crippen molar-refractivity contribution in [3.05, 3.63) is 48.8 Å². The highest BCUT2D eigenvalue weighted by Gasteiger charge is 2.18. The van der Waals surface area contributed by atoms with E-state index in [1.54, 1.807) is 0 Å². The molecule has 2 aromatic rings. The van der Waals surface area contributed by atoms with Gasteiger partial charge in [-0.3, -0.25) is 9.48 Å². The molecular formula is C15H16BrIN2O. The molecular weight excluding hydrogens is 431 g/mol. The van der Waals surface area contributed by atoms with Gasteiger partial charge in [0.05, 0.1) is 22.3 Å². The third-order valence-electron chi connectivity index (χ3n) is 3.27. The normalized spacial score (nSPS) is 10.8. The van der Waals surface area contributed by atoms with Gasteiger partial charge >= 0.3 is 0 Å². The molecule has 0 aliphatic rings. The quantitative estimate of drug-likeness (QED) is 0.518. The molecule has 0 amide bonds. The topological polar surface area (TPSA) is 34.9 Å². The molecule has 1 aromatic carbocycles. The second-order valence-electron chi connectivity index (χ2n) is 4.70. The molecule has 1 heterocycles. The number of rotatable bonds is 4. The number of hydrogen-bond acceptors (Lipinski definition) is 2. The zero-order chi connectivity index (χ0) is 14.9. The number of hydrogen-bond donors (Lipinski definition) is 0. The Morgan fingerprint density at radius 1 is 1.40 bits per heavy atom. The van der Waals surface area contributed by atoms with E-state index in [4.69, 9.17) is 0 Å². The van der Waals surface area contributed by atoms with Crippen LogP contribution >= 0.6 is 38.5 Å². The van der Waals surface area contributed by atoms with Crippen molar-refractivity contribution in [3.8, 4) is 0 Å². The zero-order valence-electron chi connectivity index (χ0n) is 11.7. The second kappa shape index (κ2) is 6.39. The molecule has 1 aromatic heterocycles. The molecule has 106 valence electrons. The second-order valence-corrected chi connectivity index (χ2v) is 6.57. The third kappa shape index (κ3) is 2.98. The molecule has 0 N–H and O–H groups in total. The SMILES string of the molecule is CCn1nc(C)c(Br)c1CC(=O)c1cccc(C)c1I. The first-order valence-electron chi connectivity index (χ1n) is 6.45. The predicted molar refractivity (Wildman–Crippen MR) is 92.3 cm³/mol. The number of aromatic nitrogens is 2. The average Bonchev–Trinajstić information content (AvgIpc) is 2.69. The molecule has 2 rings (SSSR count). The van der Waals surface area contributed by atoms with Gasteiger partial charge in [-0.25, -0.2) is 0 Å². The summed E-state index contributed by atoms with van der Waals surface area (Å²) in [7, 11) is 0. The van der Waals surface area contributed by atoms with Crippen LogP contribution in [0.2, 0.25) is 0 Å². The fraction of sp³-hybridized carbons (Fsp3) is 0.333. The van der Waals surface area contributed by atoms with Crippen LogP contribution in [0.5, 0.6) is 0 Å². The van der Waals surface area contributed by atoms with Gasteiger partial charge in [-0.2, -0.15) is 5.10 Å². The Morgan fingerprint density at radius 3 is 2.75 bits per heavy atom. The maximum Gasteiger partial charge on any atom is 0.169 e. The summed E-state index contributed by atoms with van der Waals surface area (Å²) in [5.41, 5.74) is 3.80. The number of Topliss-reactive ketones (excluding diaryl/α,β-unsaturated/α-hetero) is 1. The van der Waals surface area contributed by atoms with Crippen LogP contribution < -0.4 is 0 Å². The maximum absolute atomic E-state index is 12.6. The largest absolute Gasteiger partial charge is 0.294 e. The first kappa shape index (κ1) is 15.7. The Balaban J connectivity index is 2.35. The Labute approximate surface area is 141 Å². The molecule has 0 aliphatic heterocycles. The van der Waals surface area contributed by atoms with Gasteiger partial charge in [-0.15, -0.1) is 0 Å². The van der Waals surface area contributed by atoms with Crippen LogP contribution in [-0.4, -0.2) is 15.6 Å². The molecule has 3 nitrogen and oxygen atoms in total. The van der Waals surface area contributed by atoms with Crippen LogP contribution in [-0.2, 0) is 13.0 Å². The molecule has 5 heteroatoms. The highest BCUT2D eigenvalue weighted by Crippen LogP contribution is 2.24. The molecule has 0 unspecified atom stereocenters. The Bertz CT molecular complexity index is 664. The van der Waals surface area contributed by atoms with Crippen molar-refractivity contribution in [2.75, 3.05) is 0 Å². The summed E-state index contributed by atoms with van der Waals surface area (Å²) in [6.45, 7) is 6.76. The molecule has 0 atom stereocenters. The lowest BCUT2D eigenvalue weighted by Gasteiger charge is -2.08. The Hall–Kier alpha value is -0.690. The highest BCUT2D eigenvalue weighted by molar-refractivity contribution is 14.1. The van der Waals surface area contributed by atoms with E-state index in [0.717, 1.165) is 37.1 Å². The van der Waals surface area contributed by atoms with Crippen molar-refractivity contribution < 1.29 is 4.79 Å². The third-order valence-corrected chi connectivity index (χ3v) is 5.74. The summed E-state index contributed by atoms with van der Waals surface area (Å²) in [4.78, 5) is 12.6. The first-order chi connectivity index (χ1) is 9.45. The van der Waals surface area contributed by atoms with Crippen molar-refractivity contribution in [1.82, 2.24) is 9.78 Å². The lowest BCUT2D eigenvalue weighted by molar-refractivity contribution is 0.0989. The van der Waals surface area contributed by atoms with Crippen molar-refractivity contribution in [3.63, 3.8) is 0 Å². The summed E-state index contributed by atoms with van der Waals surface area (Å²) < 4.78 is 3.86. The molecule has 20 heavy (non-hydrogen) atoms. The number of carbonyl (C=O) groups excluding carboxylic acids is 1. The van der Waals surface area contributed by atoms with E-state index in [0.29, 0.717) is 6.42 Å². The minimum atomic E-state index is 0.133. The van der Waals surface area contributed by atoms with Gasteiger partial charge in [0.1, 0.15) is 0 Å². The summed E-state index contributed by atoms with van der Waals surface area (Å²) in [5, 5.41) is 4.43. The van der Waals surface area contributed by atoms with Gasteiger partial charge in [0.15, 0.2) is 5.78 Å². The van der Waals surface area contributed by atoms with Gasteiger partial charge in [-0.1, -0.05) is 18.2 Å². The smallest absolute Gasteiger partial charge is 0.169 e. The van der Waals surface area contributed by atoms with Gasteiger partial charge in [0, 0.05) is 15.7 Å². The molecule has 0 aliphatic carbocycles. The van der Waals surface area contributed by atoms with Gasteiger partial charge in [-0.05, 0) is 64.9 Å². The highest BCUT2D eigenvalue weighted by atomic mass is 127. The summed E-state index contributed by atoms with van der Waals surface area (Å²) >= 11 is 5.78. The minimum Gasteiger partial charge on any atom is -0.294 e. The van der Waals surface area contributed by atoms with Gasteiger partial charge in [0.2, 0.25) is 0 Å². The number of ketones is 1. The van der Waals surface area contributed by atoms with E-state index in [-0.39, 0.29) is 5.78 Å². The fourth-order valence-corrected chi connectivity index (χ4v) is 3.23. The van der Waals surface area contributed by atoms with Crippen molar-refractivity contribution in [1.29, 1.82) is 0 Å². The van der Waals surface area contributed by atoms with E-state index < -0.39 is 0 Å². The molecule has 0 saturated heterocycles. The van der Waals surface area contributed by atoms with E-state index in [1.807, 2.05) is 43.7 Å². The van der Waals surface area contributed by atoms with Crippen LogP contribution in [0.3, 0.4) is 0 Å². The van der Waals surface area contributed by atoms with E-state index in [1.165, 1.54) is 0 Å². The fourth-order valence-electron chi connectivity index (χ4n) is 2.15. The zero-order valence-corrected chi connectivity index (χ0v) is 15.4. The van der Waals surface area contributed by atoms with Gasteiger partial charge in [0.25, 0.3) is 0 Å². The van der Waals surface area contributed by atoms with Crippen LogP contribution in [0.4, 0.5) is 0 Å².